The number of nitrogens with one attached hydrogen (secondary N) is 2. The Labute approximate surface area is 154 Å². The zero-order valence-electron chi connectivity index (χ0n) is 13.8. The molecule has 4 rings (SSSR count). The highest BCUT2D eigenvalue weighted by Crippen LogP contribution is 2.27. The molecular weight excluding hydrogens is 361 g/mol. The van der Waals surface area contributed by atoms with E-state index in [0.717, 1.165) is 24.6 Å². The molecule has 2 aromatic heterocycles. The maximum absolute atomic E-state index is 13.3. The molecule has 2 N–H and O–H groups in total. The largest absolute Gasteiger partial charge is 0.391 e. The third-order valence-corrected chi connectivity index (χ3v) is 4.75. The highest BCUT2D eigenvalue weighted by Gasteiger charge is 2.33. The summed E-state index contributed by atoms with van der Waals surface area (Å²) in [5, 5.41) is 0.601. The lowest BCUT2D eigenvalue weighted by Crippen LogP contribution is -2.42. The van der Waals surface area contributed by atoms with Crippen molar-refractivity contribution >= 4 is 23.4 Å². The van der Waals surface area contributed by atoms with Gasteiger partial charge in [-0.1, -0.05) is 11.6 Å². The van der Waals surface area contributed by atoms with Gasteiger partial charge in [-0.15, -0.1) is 5.48 Å². The fourth-order valence-corrected chi connectivity index (χ4v) is 3.41. The highest BCUT2D eigenvalue weighted by atomic mass is 35.5. The molecule has 26 heavy (non-hydrogen) atoms. The average Bonchev–Trinajstić information content (AvgIpc) is 3.30. The summed E-state index contributed by atoms with van der Waals surface area (Å²) in [7, 11) is 0. The third kappa shape index (κ3) is 3.42. The van der Waals surface area contributed by atoms with Crippen LogP contribution < -0.4 is 5.48 Å². The predicted molar refractivity (Wildman–Crippen MR) is 93.0 cm³/mol. The van der Waals surface area contributed by atoms with Crippen molar-refractivity contribution in [3.05, 3.63) is 52.8 Å². The fourth-order valence-electron chi connectivity index (χ4n) is 3.24. The summed E-state index contributed by atoms with van der Waals surface area (Å²) < 4.78 is 13.3. The SMILES string of the molecule is O=C(c1ccnc(F)c1)N1CCC[C@H](C2=NC(c3cc(Cl)c[nH]3)NO2)C1. The first-order valence-electron chi connectivity index (χ1n) is 8.35. The maximum Gasteiger partial charge on any atom is 0.254 e. The highest BCUT2D eigenvalue weighted by molar-refractivity contribution is 6.30. The lowest BCUT2D eigenvalue weighted by atomic mass is 9.97. The zero-order valence-corrected chi connectivity index (χ0v) is 14.5. The molecule has 2 atom stereocenters. The van der Waals surface area contributed by atoms with E-state index in [9.17, 15) is 9.18 Å². The topological polar surface area (TPSA) is 82.6 Å². The molecule has 0 bridgehead atoms. The van der Waals surface area contributed by atoms with Crippen LogP contribution in [-0.2, 0) is 4.84 Å². The van der Waals surface area contributed by atoms with E-state index in [2.05, 4.69) is 20.4 Å². The molecule has 9 heteroatoms. The van der Waals surface area contributed by atoms with Crippen LogP contribution >= 0.6 is 11.6 Å². The fraction of sp³-hybridized carbons (Fsp3) is 0.353. The van der Waals surface area contributed by atoms with Gasteiger partial charge in [0.1, 0.15) is 0 Å². The first-order chi connectivity index (χ1) is 12.6. The number of pyridine rings is 1. The van der Waals surface area contributed by atoms with Crippen molar-refractivity contribution in [1.29, 1.82) is 0 Å². The van der Waals surface area contributed by atoms with Crippen LogP contribution in [0, 0.1) is 11.9 Å². The van der Waals surface area contributed by atoms with E-state index in [1.165, 1.54) is 12.3 Å². The number of hydrogen-bond acceptors (Lipinski definition) is 5. The van der Waals surface area contributed by atoms with Gasteiger partial charge in [-0.25, -0.2) is 9.98 Å². The first kappa shape index (κ1) is 17.0. The Bertz CT molecular complexity index is 855. The maximum atomic E-state index is 13.3. The number of piperidine rings is 1. The molecule has 1 amide bonds. The van der Waals surface area contributed by atoms with E-state index >= 15 is 0 Å². The molecule has 1 saturated heterocycles. The molecule has 1 fully saturated rings. The molecule has 0 aromatic carbocycles. The van der Waals surface area contributed by atoms with Gasteiger partial charge in [0.25, 0.3) is 5.91 Å². The number of aliphatic imine (C=N–C) groups is 1. The zero-order chi connectivity index (χ0) is 18.1. The Balaban J connectivity index is 1.46. The van der Waals surface area contributed by atoms with E-state index in [1.54, 1.807) is 17.2 Å². The molecule has 7 nitrogen and oxygen atoms in total. The van der Waals surface area contributed by atoms with Crippen LogP contribution in [0.2, 0.25) is 5.02 Å². The number of hydroxylamine groups is 1. The predicted octanol–water partition coefficient (Wildman–Crippen LogP) is 2.69. The number of halogens is 2. The van der Waals surface area contributed by atoms with Gasteiger partial charge < -0.3 is 14.7 Å². The lowest BCUT2D eigenvalue weighted by molar-refractivity contribution is 0.0684. The second-order valence-electron chi connectivity index (χ2n) is 6.32. The van der Waals surface area contributed by atoms with Crippen LogP contribution in [0.5, 0.6) is 0 Å². The number of H-pyrrole nitrogens is 1. The average molecular weight is 378 g/mol. The molecule has 0 radical (unpaired) electrons. The van der Waals surface area contributed by atoms with Gasteiger partial charge >= 0.3 is 0 Å². The van der Waals surface area contributed by atoms with Crippen molar-refractivity contribution in [3.63, 3.8) is 0 Å². The molecule has 1 unspecified atom stereocenters. The summed E-state index contributed by atoms with van der Waals surface area (Å²) in [5.74, 6) is -0.318. The number of nitrogens with zero attached hydrogens (tertiary/aromatic N) is 3. The van der Waals surface area contributed by atoms with Gasteiger partial charge in [-0.2, -0.15) is 4.39 Å². The quantitative estimate of drug-likeness (QED) is 0.806. The van der Waals surface area contributed by atoms with Gasteiger partial charge in [0.15, 0.2) is 6.17 Å². The summed E-state index contributed by atoms with van der Waals surface area (Å²) >= 11 is 5.92. The summed E-state index contributed by atoms with van der Waals surface area (Å²) in [4.78, 5) is 31.0. The van der Waals surface area contributed by atoms with Gasteiger partial charge in [-0.05, 0) is 25.0 Å². The van der Waals surface area contributed by atoms with Gasteiger partial charge in [0.2, 0.25) is 11.8 Å². The van der Waals surface area contributed by atoms with Crippen LogP contribution in [0.1, 0.15) is 35.1 Å². The summed E-state index contributed by atoms with van der Waals surface area (Å²) in [6.07, 6.45) is 4.32. The van der Waals surface area contributed by atoms with Gasteiger partial charge in [0, 0.05) is 37.1 Å². The van der Waals surface area contributed by atoms with Crippen molar-refractivity contribution in [2.45, 2.75) is 19.0 Å². The number of carbonyl (C=O) groups excluding carboxylic acids is 1. The van der Waals surface area contributed by atoms with Crippen molar-refractivity contribution in [2.75, 3.05) is 13.1 Å². The number of aromatic amines is 1. The molecule has 2 aromatic rings. The molecule has 136 valence electrons. The lowest BCUT2D eigenvalue weighted by Gasteiger charge is -2.32. The molecule has 0 aliphatic carbocycles. The second kappa shape index (κ2) is 7.05. The molecule has 2 aliphatic rings. The normalized spacial score (nSPS) is 22.8. The number of hydrogen-bond donors (Lipinski definition) is 2. The molecule has 0 spiro atoms. The number of likely N-dealkylation sites (tertiary alicyclic amines) is 1. The van der Waals surface area contributed by atoms with Crippen LogP contribution in [0.15, 0.2) is 35.6 Å². The number of aromatic nitrogens is 2. The van der Waals surface area contributed by atoms with Crippen molar-refractivity contribution in [1.82, 2.24) is 20.3 Å². The first-order valence-corrected chi connectivity index (χ1v) is 8.72. The van der Waals surface area contributed by atoms with E-state index in [1.807, 2.05) is 0 Å². The summed E-state index contributed by atoms with van der Waals surface area (Å²) in [6, 6.07) is 4.46. The van der Waals surface area contributed by atoms with E-state index in [-0.39, 0.29) is 18.0 Å². The Hall–Kier alpha value is -2.45. The number of amides is 1. The second-order valence-corrected chi connectivity index (χ2v) is 6.76. The van der Waals surface area contributed by atoms with E-state index in [0.29, 0.717) is 29.6 Å². The minimum Gasteiger partial charge on any atom is -0.391 e. The summed E-state index contributed by atoms with van der Waals surface area (Å²) in [6.45, 7) is 1.09. The van der Waals surface area contributed by atoms with E-state index < -0.39 is 5.95 Å². The number of carbonyl (C=O) groups is 1. The smallest absolute Gasteiger partial charge is 0.254 e. The van der Waals surface area contributed by atoms with Crippen molar-refractivity contribution in [2.24, 2.45) is 10.9 Å². The Kier molecular flexibility index (Phi) is 4.60. The minimum absolute atomic E-state index is 0.0117. The summed E-state index contributed by atoms with van der Waals surface area (Å²) in [5.41, 5.74) is 3.96. The molecule has 0 saturated carbocycles. The van der Waals surface area contributed by atoms with Crippen LogP contribution in [0.3, 0.4) is 0 Å². The van der Waals surface area contributed by atoms with Crippen molar-refractivity contribution < 1.29 is 14.0 Å². The monoisotopic (exact) mass is 377 g/mol. The van der Waals surface area contributed by atoms with E-state index in [4.69, 9.17) is 16.4 Å². The van der Waals surface area contributed by atoms with Gasteiger partial charge in [-0.3, -0.25) is 4.79 Å². The van der Waals surface area contributed by atoms with Crippen LogP contribution in [0.25, 0.3) is 0 Å². The Morgan fingerprint density at radius 3 is 3.08 bits per heavy atom. The van der Waals surface area contributed by atoms with Crippen molar-refractivity contribution in [3.8, 4) is 0 Å². The standard InChI is InChI=1S/C17H17ClFN5O2/c18-12-7-13(21-8-12)15-22-16(26-23-15)11-2-1-5-24(9-11)17(25)10-3-4-20-14(19)6-10/h3-4,6-8,11,15,21,23H,1-2,5,9H2/t11-,15?/m0/s1. The Morgan fingerprint density at radius 1 is 1.42 bits per heavy atom. The molecule has 4 heterocycles. The van der Waals surface area contributed by atoms with Crippen LogP contribution in [-0.4, -0.2) is 39.8 Å². The van der Waals surface area contributed by atoms with Crippen LogP contribution in [0.4, 0.5) is 4.39 Å². The number of rotatable bonds is 3. The third-order valence-electron chi connectivity index (χ3n) is 4.53. The van der Waals surface area contributed by atoms with Gasteiger partial charge in [0.05, 0.1) is 16.6 Å². The molecule has 2 aliphatic heterocycles. The minimum atomic E-state index is -0.662. The Morgan fingerprint density at radius 2 is 2.31 bits per heavy atom. The molecular formula is C17H17ClFN5O2.